The van der Waals surface area contributed by atoms with E-state index in [-0.39, 0.29) is 5.91 Å². The molecule has 2 aromatic heterocycles. The van der Waals surface area contributed by atoms with Crippen molar-refractivity contribution in [1.82, 2.24) is 20.3 Å². The van der Waals surface area contributed by atoms with Gasteiger partial charge in [-0.05, 0) is 19.4 Å². The van der Waals surface area contributed by atoms with Crippen LogP contribution in [0.3, 0.4) is 0 Å². The number of anilines is 1. The first-order valence-electron chi connectivity index (χ1n) is 6.94. The van der Waals surface area contributed by atoms with Crippen LogP contribution in [0.5, 0.6) is 0 Å². The zero-order valence-electron chi connectivity index (χ0n) is 12.3. The summed E-state index contributed by atoms with van der Waals surface area (Å²) in [7, 11) is 0. The fraction of sp³-hybridized carbons (Fsp3) is 0.333. The number of aromatic nitrogens is 3. The molecule has 0 fully saturated rings. The number of carbonyl (C=O) groups is 1. The SMILES string of the molecule is CCCNc1ccncc1C(=O)NCc1cnc(C)cn1. The van der Waals surface area contributed by atoms with Gasteiger partial charge in [0.2, 0.25) is 0 Å². The normalized spacial score (nSPS) is 10.2. The van der Waals surface area contributed by atoms with Gasteiger partial charge in [0.25, 0.3) is 5.91 Å². The molecular weight excluding hydrogens is 266 g/mol. The van der Waals surface area contributed by atoms with E-state index in [0.717, 1.165) is 30.0 Å². The predicted octanol–water partition coefficient (Wildman–Crippen LogP) is 1.93. The molecule has 0 radical (unpaired) electrons. The van der Waals surface area contributed by atoms with Gasteiger partial charge in [-0.3, -0.25) is 19.7 Å². The van der Waals surface area contributed by atoms with Crippen LogP contribution in [-0.4, -0.2) is 27.4 Å². The van der Waals surface area contributed by atoms with Gasteiger partial charge in [-0.1, -0.05) is 6.92 Å². The van der Waals surface area contributed by atoms with E-state index in [4.69, 9.17) is 0 Å². The van der Waals surface area contributed by atoms with Crippen molar-refractivity contribution >= 4 is 11.6 Å². The van der Waals surface area contributed by atoms with Gasteiger partial charge in [0.05, 0.1) is 35.4 Å². The molecule has 0 aliphatic carbocycles. The minimum atomic E-state index is -0.177. The lowest BCUT2D eigenvalue weighted by Crippen LogP contribution is -2.24. The van der Waals surface area contributed by atoms with E-state index in [0.29, 0.717) is 12.1 Å². The van der Waals surface area contributed by atoms with Crippen LogP contribution in [0.1, 0.15) is 35.1 Å². The van der Waals surface area contributed by atoms with E-state index in [1.54, 1.807) is 30.9 Å². The second-order valence-electron chi connectivity index (χ2n) is 4.68. The van der Waals surface area contributed by atoms with Crippen molar-refractivity contribution in [2.75, 3.05) is 11.9 Å². The minimum absolute atomic E-state index is 0.177. The molecule has 0 unspecified atom stereocenters. The molecule has 6 heteroatoms. The lowest BCUT2D eigenvalue weighted by atomic mass is 10.2. The van der Waals surface area contributed by atoms with Gasteiger partial charge >= 0.3 is 0 Å². The molecule has 0 atom stereocenters. The maximum Gasteiger partial charge on any atom is 0.255 e. The average Bonchev–Trinajstić information content (AvgIpc) is 2.52. The van der Waals surface area contributed by atoms with Gasteiger partial charge in [-0.2, -0.15) is 0 Å². The highest BCUT2D eigenvalue weighted by Crippen LogP contribution is 2.13. The Kier molecular flexibility index (Phi) is 5.20. The molecule has 2 heterocycles. The molecule has 21 heavy (non-hydrogen) atoms. The molecule has 2 aromatic rings. The zero-order chi connectivity index (χ0) is 15.1. The molecule has 6 nitrogen and oxygen atoms in total. The molecule has 110 valence electrons. The molecule has 2 rings (SSSR count). The maximum atomic E-state index is 12.2. The van der Waals surface area contributed by atoms with Gasteiger partial charge in [0, 0.05) is 25.1 Å². The number of amides is 1. The monoisotopic (exact) mass is 285 g/mol. The fourth-order valence-electron chi connectivity index (χ4n) is 1.77. The van der Waals surface area contributed by atoms with Crippen molar-refractivity contribution in [3.63, 3.8) is 0 Å². The van der Waals surface area contributed by atoms with Gasteiger partial charge in [0.1, 0.15) is 0 Å². The second-order valence-corrected chi connectivity index (χ2v) is 4.68. The van der Waals surface area contributed by atoms with Gasteiger partial charge < -0.3 is 10.6 Å². The van der Waals surface area contributed by atoms with Crippen LogP contribution in [0.25, 0.3) is 0 Å². The number of rotatable bonds is 6. The summed E-state index contributed by atoms with van der Waals surface area (Å²) in [6, 6.07) is 1.80. The van der Waals surface area contributed by atoms with Gasteiger partial charge in [-0.15, -0.1) is 0 Å². The largest absolute Gasteiger partial charge is 0.384 e. The van der Waals surface area contributed by atoms with E-state index in [9.17, 15) is 4.79 Å². The summed E-state index contributed by atoms with van der Waals surface area (Å²) < 4.78 is 0. The summed E-state index contributed by atoms with van der Waals surface area (Å²) in [5, 5.41) is 6.05. The Morgan fingerprint density at radius 1 is 1.24 bits per heavy atom. The van der Waals surface area contributed by atoms with Crippen molar-refractivity contribution in [2.45, 2.75) is 26.8 Å². The maximum absolute atomic E-state index is 12.2. The summed E-state index contributed by atoms with van der Waals surface area (Å²) in [6.45, 7) is 5.10. The van der Waals surface area contributed by atoms with E-state index in [2.05, 4.69) is 32.5 Å². The number of aryl methyl sites for hydroxylation is 1. The quantitative estimate of drug-likeness (QED) is 0.847. The highest BCUT2D eigenvalue weighted by molar-refractivity contribution is 5.99. The third-order valence-electron chi connectivity index (χ3n) is 2.90. The Morgan fingerprint density at radius 2 is 2.10 bits per heavy atom. The topological polar surface area (TPSA) is 79.8 Å². The van der Waals surface area contributed by atoms with Crippen molar-refractivity contribution in [1.29, 1.82) is 0 Å². The molecule has 0 aromatic carbocycles. The molecule has 2 N–H and O–H groups in total. The van der Waals surface area contributed by atoms with Crippen molar-refractivity contribution in [2.24, 2.45) is 0 Å². The summed E-state index contributed by atoms with van der Waals surface area (Å²) in [4.78, 5) is 24.6. The van der Waals surface area contributed by atoms with Crippen LogP contribution in [0.15, 0.2) is 30.9 Å². The lowest BCUT2D eigenvalue weighted by Gasteiger charge is -2.11. The van der Waals surface area contributed by atoms with Crippen LogP contribution in [0.4, 0.5) is 5.69 Å². The molecular formula is C15H19N5O. The number of pyridine rings is 1. The third-order valence-corrected chi connectivity index (χ3v) is 2.90. The van der Waals surface area contributed by atoms with E-state index in [1.165, 1.54) is 0 Å². The Morgan fingerprint density at radius 3 is 2.81 bits per heavy atom. The van der Waals surface area contributed by atoms with Crippen LogP contribution >= 0.6 is 0 Å². The number of nitrogens with one attached hydrogen (secondary N) is 2. The number of carbonyl (C=O) groups excluding carboxylic acids is 1. The Balaban J connectivity index is 2.01. The number of hydrogen-bond donors (Lipinski definition) is 2. The molecule has 0 saturated carbocycles. The fourth-order valence-corrected chi connectivity index (χ4v) is 1.77. The Labute approximate surface area is 124 Å². The molecule has 0 aliphatic heterocycles. The molecule has 0 saturated heterocycles. The highest BCUT2D eigenvalue weighted by atomic mass is 16.1. The summed E-state index contributed by atoms with van der Waals surface area (Å²) in [6.07, 6.45) is 7.56. The Bertz CT molecular complexity index is 597. The van der Waals surface area contributed by atoms with Crippen LogP contribution in [-0.2, 0) is 6.54 Å². The van der Waals surface area contributed by atoms with E-state index < -0.39 is 0 Å². The standard InChI is InChI=1S/C15H19N5O/c1-3-5-17-14-4-6-16-10-13(14)15(21)20-9-12-8-18-11(2)7-19-12/h4,6-8,10H,3,5,9H2,1-2H3,(H,16,17)(H,20,21). The summed E-state index contributed by atoms with van der Waals surface area (Å²) in [5.74, 6) is -0.177. The van der Waals surface area contributed by atoms with Crippen LogP contribution < -0.4 is 10.6 Å². The van der Waals surface area contributed by atoms with Gasteiger partial charge in [-0.25, -0.2) is 0 Å². The van der Waals surface area contributed by atoms with E-state index >= 15 is 0 Å². The second kappa shape index (κ2) is 7.33. The summed E-state index contributed by atoms with van der Waals surface area (Å²) in [5.41, 5.74) is 2.90. The first-order valence-corrected chi connectivity index (χ1v) is 6.94. The molecule has 0 spiro atoms. The smallest absolute Gasteiger partial charge is 0.255 e. The van der Waals surface area contributed by atoms with E-state index in [1.807, 2.05) is 6.92 Å². The molecule has 1 amide bonds. The summed E-state index contributed by atoms with van der Waals surface area (Å²) >= 11 is 0. The van der Waals surface area contributed by atoms with Crippen LogP contribution in [0, 0.1) is 6.92 Å². The Hall–Kier alpha value is -2.50. The molecule has 0 aliphatic rings. The number of hydrogen-bond acceptors (Lipinski definition) is 5. The lowest BCUT2D eigenvalue weighted by molar-refractivity contribution is 0.0951. The third kappa shape index (κ3) is 4.24. The van der Waals surface area contributed by atoms with Crippen molar-refractivity contribution in [3.8, 4) is 0 Å². The highest BCUT2D eigenvalue weighted by Gasteiger charge is 2.11. The first-order chi connectivity index (χ1) is 10.2. The molecule has 0 bridgehead atoms. The average molecular weight is 285 g/mol. The van der Waals surface area contributed by atoms with Crippen molar-refractivity contribution in [3.05, 3.63) is 47.8 Å². The minimum Gasteiger partial charge on any atom is -0.384 e. The number of nitrogens with zero attached hydrogens (tertiary/aromatic N) is 3. The van der Waals surface area contributed by atoms with Crippen LogP contribution in [0.2, 0.25) is 0 Å². The van der Waals surface area contributed by atoms with Gasteiger partial charge in [0.15, 0.2) is 0 Å². The predicted molar refractivity (Wildman–Crippen MR) is 81.0 cm³/mol. The first kappa shape index (κ1) is 14.9. The zero-order valence-corrected chi connectivity index (χ0v) is 12.3. The van der Waals surface area contributed by atoms with Crippen molar-refractivity contribution < 1.29 is 4.79 Å².